The molecule has 1 saturated heterocycles. The summed E-state index contributed by atoms with van der Waals surface area (Å²) in [6, 6.07) is 0. The zero-order chi connectivity index (χ0) is 43.1. The molecule has 4 bridgehead atoms. The fourth-order valence-electron chi connectivity index (χ4n) is 14.1. The number of rotatable bonds is 15. The van der Waals surface area contributed by atoms with Crippen LogP contribution in [0.5, 0.6) is 0 Å². The molecule has 6 saturated carbocycles. The summed E-state index contributed by atoms with van der Waals surface area (Å²) in [6.45, 7) is 18.4. The van der Waals surface area contributed by atoms with Gasteiger partial charge in [-0.25, -0.2) is 0 Å². The summed E-state index contributed by atoms with van der Waals surface area (Å²) in [5.41, 5.74) is -6.87. The van der Waals surface area contributed by atoms with Gasteiger partial charge in [0.2, 0.25) is 0 Å². The lowest BCUT2D eigenvalue weighted by Gasteiger charge is -2.46. The maximum absolute atomic E-state index is 15.2. The largest absolute Gasteiger partial charge is 0.481 e. The number of ether oxygens (including phenoxy) is 4. The van der Waals surface area contributed by atoms with Crippen molar-refractivity contribution in [2.45, 2.75) is 193 Å². The first-order chi connectivity index (χ1) is 27.4. The average molecular weight is 843 g/mol. The summed E-state index contributed by atoms with van der Waals surface area (Å²) >= 11 is 1.96. The maximum atomic E-state index is 15.2. The van der Waals surface area contributed by atoms with E-state index < -0.39 is 62.8 Å². The normalized spacial score (nSPS) is 38.1. The van der Waals surface area contributed by atoms with Crippen LogP contribution in [0.25, 0.3) is 0 Å². The molecule has 7 rings (SSSR count). The lowest BCUT2D eigenvalue weighted by Crippen LogP contribution is -2.51. The van der Waals surface area contributed by atoms with Crippen LogP contribution < -0.4 is 0 Å². The molecule has 14 unspecified atom stereocenters. The molecule has 1 heterocycles. The van der Waals surface area contributed by atoms with Crippen LogP contribution in [-0.2, 0) is 42.9 Å². The number of fused-ring (bicyclic) bond motifs is 10. The van der Waals surface area contributed by atoms with Gasteiger partial charge in [0, 0.05) is 28.3 Å². The van der Waals surface area contributed by atoms with E-state index in [-0.39, 0.29) is 66.5 Å². The molecule has 11 heteroatoms. The number of esters is 4. The van der Waals surface area contributed by atoms with Crippen LogP contribution in [0.1, 0.15) is 166 Å². The minimum absolute atomic E-state index is 0.0114. The Bertz CT molecular complexity index is 1660. The Morgan fingerprint density at radius 3 is 2.05 bits per heavy atom. The fraction of sp³-hybridized carbons (Fsp3) is 0.896. The van der Waals surface area contributed by atoms with Crippen molar-refractivity contribution >= 4 is 41.6 Å². The van der Waals surface area contributed by atoms with Gasteiger partial charge in [0.1, 0.15) is 17.3 Å². The second-order valence-electron chi connectivity index (χ2n) is 23.1. The van der Waals surface area contributed by atoms with Crippen LogP contribution in [-0.4, -0.2) is 69.4 Å². The highest BCUT2D eigenvalue weighted by molar-refractivity contribution is 8.00. The summed E-state index contributed by atoms with van der Waals surface area (Å²) in [7, 11) is 0. The highest BCUT2D eigenvalue weighted by Gasteiger charge is 2.66. The van der Waals surface area contributed by atoms with Gasteiger partial charge < -0.3 is 24.1 Å². The van der Waals surface area contributed by atoms with Crippen LogP contribution in [0, 0.1) is 69.0 Å². The smallest absolute Gasteiger partial charge is 0.312 e. The molecule has 0 spiro atoms. The lowest BCUT2D eigenvalue weighted by atomic mass is 9.61. The SMILES string of the molecule is CCC(C)(CC(C)(CC(C)(CC(C)(C)C(=O)OC1C2CC(C3COC(=O)C32)C1SC1CCCCC1)C(=O)OC1(C)CC2CC1C1CCCC21)C(=O)OC(C)(C)C)C(=O)O. The van der Waals surface area contributed by atoms with Gasteiger partial charge in [0.25, 0.3) is 0 Å². The first-order valence-corrected chi connectivity index (χ1v) is 24.1. The molecule has 0 aromatic heterocycles. The minimum Gasteiger partial charge on any atom is -0.481 e. The molecule has 0 aromatic carbocycles. The molecule has 0 amide bonds. The molecular weight excluding hydrogens is 769 g/mol. The highest BCUT2D eigenvalue weighted by Crippen LogP contribution is 2.64. The standard InChI is InChI=1S/C48H74O10S/c1-11-45(7,39(50)51)25-47(9,41(53)57-43(2,3)4)26-46(8,42(54)58-48(10)22-27-20-34(48)30-19-15-18-29(27)30)24-44(5,6)40(52)56-36-32-21-31(33-23-55-38(49)35(32)33)37(36)59-28-16-13-12-14-17-28/h27-37H,11-26H2,1-10H3,(H,50,51). The van der Waals surface area contributed by atoms with Crippen molar-refractivity contribution in [2.24, 2.45) is 69.0 Å². The third-order valence-electron chi connectivity index (χ3n) is 16.7. The van der Waals surface area contributed by atoms with Gasteiger partial charge in [-0.05, 0) is 157 Å². The van der Waals surface area contributed by atoms with Gasteiger partial charge in [0.05, 0.1) is 34.2 Å². The predicted molar refractivity (Wildman–Crippen MR) is 225 cm³/mol. The Labute approximate surface area is 357 Å². The number of carboxylic acids is 1. The van der Waals surface area contributed by atoms with Crippen molar-refractivity contribution in [3.05, 3.63) is 0 Å². The zero-order valence-electron chi connectivity index (χ0n) is 37.7. The van der Waals surface area contributed by atoms with Crippen molar-refractivity contribution in [2.75, 3.05) is 6.61 Å². The Balaban J connectivity index is 1.19. The van der Waals surface area contributed by atoms with E-state index in [0.717, 1.165) is 38.5 Å². The molecule has 332 valence electrons. The number of hydrogen-bond donors (Lipinski definition) is 1. The quantitative estimate of drug-likeness (QED) is 0.124. The molecule has 0 radical (unpaired) electrons. The number of aliphatic carboxylic acids is 1. The summed E-state index contributed by atoms with van der Waals surface area (Å²) in [6.07, 6.45) is 11.9. The highest BCUT2D eigenvalue weighted by atomic mass is 32.2. The summed E-state index contributed by atoms with van der Waals surface area (Å²) in [5, 5.41) is 11.0. The van der Waals surface area contributed by atoms with E-state index in [1.54, 1.807) is 48.5 Å². The first kappa shape index (κ1) is 44.7. The minimum atomic E-state index is -1.43. The fourth-order valence-corrected chi connectivity index (χ4v) is 16.1. The third kappa shape index (κ3) is 8.35. The van der Waals surface area contributed by atoms with Gasteiger partial charge in [-0.1, -0.05) is 32.6 Å². The van der Waals surface area contributed by atoms with Crippen molar-refractivity contribution in [1.82, 2.24) is 0 Å². The van der Waals surface area contributed by atoms with Gasteiger partial charge in [-0.15, -0.1) is 0 Å². The van der Waals surface area contributed by atoms with Gasteiger partial charge >= 0.3 is 29.8 Å². The van der Waals surface area contributed by atoms with Gasteiger partial charge in [-0.3, -0.25) is 24.0 Å². The predicted octanol–water partition coefficient (Wildman–Crippen LogP) is 9.58. The Morgan fingerprint density at radius 1 is 0.763 bits per heavy atom. The summed E-state index contributed by atoms with van der Waals surface area (Å²) in [4.78, 5) is 70.4. The number of thioether (sulfide) groups is 1. The number of hydrogen-bond acceptors (Lipinski definition) is 10. The number of carbonyl (C=O) groups excluding carboxylic acids is 4. The maximum Gasteiger partial charge on any atom is 0.312 e. The van der Waals surface area contributed by atoms with Crippen LogP contribution in [0.4, 0.5) is 0 Å². The molecule has 59 heavy (non-hydrogen) atoms. The van der Waals surface area contributed by atoms with Crippen LogP contribution >= 0.6 is 11.8 Å². The van der Waals surface area contributed by atoms with E-state index in [0.29, 0.717) is 29.6 Å². The number of cyclic esters (lactones) is 1. The molecule has 6 aliphatic carbocycles. The molecular formula is C48H74O10S. The van der Waals surface area contributed by atoms with E-state index in [1.807, 2.05) is 25.6 Å². The second-order valence-corrected chi connectivity index (χ2v) is 24.6. The van der Waals surface area contributed by atoms with Crippen molar-refractivity contribution in [3.63, 3.8) is 0 Å². The molecule has 10 nitrogen and oxygen atoms in total. The van der Waals surface area contributed by atoms with Crippen molar-refractivity contribution in [3.8, 4) is 0 Å². The third-order valence-corrected chi connectivity index (χ3v) is 18.5. The van der Waals surface area contributed by atoms with E-state index in [2.05, 4.69) is 6.92 Å². The molecule has 0 aromatic rings. The molecule has 7 fully saturated rings. The Hall–Kier alpha value is -2.30. The molecule has 7 aliphatic rings. The summed E-state index contributed by atoms with van der Waals surface area (Å²) < 4.78 is 25.1. The zero-order valence-corrected chi connectivity index (χ0v) is 38.5. The van der Waals surface area contributed by atoms with Crippen molar-refractivity contribution < 1.29 is 48.0 Å². The van der Waals surface area contributed by atoms with Crippen molar-refractivity contribution in [1.29, 1.82) is 0 Å². The lowest BCUT2D eigenvalue weighted by molar-refractivity contribution is -0.188. The van der Waals surface area contributed by atoms with E-state index >= 15 is 4.79 Å². The second kappa shape index (κ2) is 15.8. The molecule has 1 aliphatic heterocycles. The average Bonchev–Trinajstić information content (AvgIpc) is 3.99. The molecule has 1 N–H and O–H groups in total. The Kier molecular flexibility index (Phi) is 12.0. The van der Waals surface area contributed by atoms with Crippen LogP contribution in [0.15, 0.2) is 0 Å². The molecule has 14 atom stereocenters. The number of carboxylic acid groups (broad SMARTS) is 1. The van der Waals surface area contributed by atoms with E-state index in [1.165, 1.54) is 32.1 Å². The van der Waals surface area contributed by atoms with Crippen LogP contribution in [0.3, 0.4) is 0 Å². The van der Waals surface area contributed by atoms with Gasteiger partial charge in [-0.2, -0.15) is 11.8 Å². The number of carbonyl (C=O) groups is 5. The first-order valence-electron chi connectivity index (χ1n) is 23.2. The van der Waals surface area contributed by atoms with Gasteiger partial charge in [0.15, 0.2) is 0 Å². The topological polar surface area (TPSA) is 142 Å². The Morgan fingerprint density at radius 2 is 1.41 bits per heavy atom. The monoisotopic (exact) mass is 843 g/mol. The van der Waals surface area contributed by atoms with E-state index in [9.17, 15) is 24.3 Å². The summed E-state index contributed by atoms with van der Waals surface area (Å²) in [5.74, 6) is -0.634. The van der Waals surface area contributed by atoms with E-state index in [4.69, 9.17) is 18.9 Å². The van der Waals surface area contributed by atoms with Crippen LogP contribution in [0.2, 0.25) is 0 Å².